The molecule has 1 N–H and O–H groups in total. The molecular formula is C17H15Cl2NO5. The minimum absolute atomic E-state index is 0.0418. The standard InChI is InChI=1S/C17H15Cl2NO5/c18-9-2-1-3-10(15(9)19)20-12(21)6-24-16(22)13-7-4-8-11(5-7)25-17(23)14(8)13/h1-3,7-8,11,13-14H,4-6H2,(H,20,21)/t7-,8-,11+,13+,14-/m0/s1. The summed E-state index contributed by atoms with van der Waals surface area (Å²) in [7, 11) is 0. The molecule has 2 saturated carbocycles. The molecule has 25 heavy (non-hydrogen) atoms. The monoisotopic (exact) mass is 383 g/mol. The first-order chi connectivity index (χ1) is 12.0. The summed E-state index contributed by atoms with van der Waals surface area (Å²) >= 11 is 11.9. The van der Waals surface area contributed by atoms with Gasteiger partial charge in [0.1, 0.15) is 6.10 Å². The highest BCUT2D eigenvalue weighted by molar-refractivity contribution is 6.44. The lowest BCUT2D eigenvalue weighted by Gasteiger charge is -2.22. The average molecular weight is 384 g/mol. The lowest BCUT2D eigenvalue weighted by atomic mass is 9.80. The number of esters is 2. The van der Waals surface area contributed by atoms with Crippen molar-refractivity contribution in [3.63, 3.8) is 0 Å². The van der Waals surface area contributed by atoms with Crippen molar-refractivity contribution in [2.24, 2.45) is 23.7 Å². The summed E-state index contributed by atoms with van der Waals surface area (Å²) in [6.07, 6.45) is 1.47. The zero-order chi connectivity index (χ0) is 17.7. The molecule has 1 amide bonds. The Hall–Kier alpha value is -1.79. The third kappa shape index (κ3) is 2.77. The second-order valence-corrected chi connectivity index (χ2v) is 7.46. The van der Waals surface area contributed by atoms with Crippen molar-refractivity contribution in [1.82, 2.24) is 0 Å². The number of nitrogens with one attached hydrogen (secondary N) is 1. The molecule has 1 aromatic rings. The van der Waals surface area contributed by atoms with Gasteiger partial charge >= 0.3 is 11.9 Å². The van der Waals surface area contributed by atoms with Gasteiger partial charge in [0.25, 0.3) is 5.91 Å². The van der Waals surface area contributed by atoms with E-state index in [0.29, 0.717) is 17.1 Å². The zero-order valence-electron chi connectivity index (χ0n) is 13.0. The van der Waals surface area contributed by atoms with Crippen molar-refractivity contribution in [2.45, 2.75) is 18.9 Å². The number of ether oxygens (including phenoxy) is 2. The number of benzene rings is 1. The lowest BCUT2D eigenvalue weighted by molar-refractivity contribution is -0.157. The largest absolute Gasteiger partial charge is 0.462 e. The molecule has 1 heterocycles. The smallest absolute Gasteiger partial charge is 0.310 e. The molecule has 0 unspecified atom stereocenters. The zero-order valence-corrected chi connectivity index (χ0v) is 14.5. The molecular weight excluding hydrogens is 369 g/mol. The number of rotatable bonds is 4. The number of halogens is 2. The molecule has 1 aromatic carbocycles. The molecule has 6 nitrogen and oxygen atoms in total. The van der Waals surface area contributed by atoms with Gasteiger partial charge in [-0.1, -0.05) is 29.3 Å². The highest BCUT2D eigenvalue weighted by atomic mass is 35.5. The predicted octanol–water partition coefficient (Wildman–Crippen LogP) is 2.67. The topological polar surface area (TPSA) is 81.7 Å². The lowest BCUT2D eigenvalue weighted by Crippen LogP contribution is -2.35. The van der Waals surface area contributed by atoms with E-state index in [4.69, 9.17) is 32.7 Å². The highest BCUT2D eigenvalue weighted by Crippen LogP contribution is 2.57. The molecule has 3 aliphatic rings. The van der Waals surface area contributed by atoms with E-state index in [0.717, 1.165) is 6.42 Å². The molecule has 3 fully saturated rings. The Bertz CT molecular complexity index is 765. The van der Waals surface area contributed by atoms with Crippen molar-refractivity contribution < 1.29 is 23.9 Å². The fourth-order valence-electron chi connectivity index (χ4n) is 4.34. The van der Waals surface area contributed by atoms with Crippen molar-refractivity contribution in [1.29, 1.82) is 0 Å². The quantitative estimate of drug-likeness (QED) is 0.808. The van der Waals surface area contributed by atoms with E-state index >= 15 is 0 Å². The van der Waals surface area contributed by atoms with Gasteiger partial charge in [-0.3, -0.25) is 14.4 Å². The molecule has 132 valence electrons. The summed E-state index contributed by atoms with van der Waals surface area (Å²) < 4.78 is 10.4. The van der Waals surface area contributed by atoms with Gasteiger partial charge in [0.05, 0.1) is 27.6 Å². The number of amides is 1. The molecule has 8 heteroatoms. The highest BCUT2D eigenvalue weighted by Gasteiger charge is 2.64. The SMILES string of the molecule is O=C(COC(=O)[C@@H]1[C@H]2C[C@@H]3[C@@H]1C(=O)O[C@@H]3C2)Nc1cccc(Cl)c1Cl. The number of carbonyl (C=O) groups excluding carboxylic acids is 3. The second kappa shape index (κ2) is 6.18. The van der Waals surface area contributed by atoms with Crippen LogP contribution >= 0.6 is 23.2 Å². The third-order valence-corrected chi connectivity index (χ3v) is 6.15. The van der Waals surface area contributed by atoms with E-state index in [1.165, 1.54) is 0 Å². The number of carbonyl (C=O) groups is 3. The van der Waals surface area contributed by atoms with Crippen LogP contribution in [0.4, 0.5) is 5.69 Å². The van der Waals surface area contributed by atoms with Gasteiger partial charge in [0, 0.05) is 5.92 Å². The Morgan fingerprint density at radius 3 is 2.88 bits per heavy atom. The Labute approximate surface area is 153 Å². The Kier molecular flexibility index (Phi) is 4.12. The van der Waals surface area contributed by atoms with Gasteiger partial charge < -0.3 is 14.8 Å². The fourth-order valence-corrected chi connectivity index (χ4v) is 4.69. The first-order valence-corrected chi connectivity index (χ1v) is 8.82. The summed E-state index contributed by atoms with van der Waals surface area (Å²) in [5.41, 5.74) is 0.345. The van der Waals surface area contributed by atoms with Crippen molar-refractivity contribution in [2.75, 3.05) is 11.9 Å². The first-order valence-electron chi connectivity index (χ1n) is 8.06. The van der Waals surface area contributed by atoms with Gasteiger partial charge in [0.15, 0.2) is 6.61 Å². The van der Waals surface area contributed by atoms with Crippen LogP contribution in [0.3, 0.4) is 0 Å². The van der Waals surface area contributed by atoms with E-state index in [2.05, 4.69) is 5.32 Å². The second-order valence-electron chi connectivity index (χ2n) is 6.68. The third-order valence-electron chi connectivity index (χ3n) is 5.33. The number of hydrogen-bond donors (Lipinski definition) is 1. The summed E-state index contributed by atoms with van der Waals surface area (Å²) in [5.74, 6) is -2.04. The molecule has 1 aliphatic heterocycles. The minimum Gasteiger partial charge on any atom is -0.462 e. The maximum Gasteiger partial charge on any atom is 0.310 e. The van der Waals surface area contributed by atoms with Crippen molar-refractivity contribution in [3.05, 3.63) is 28.2 Å². The maximum atomic E-state index is 12.4. The average Bonchev–Trinajstić information content (AvgIpc) is 3.19. The molecule has 0 aromatic heterocycles. The van der Waals surface area contributed by atoms with Gasteiger partial charge in [0.2, 0.25) is 0 Å². The van der Waals surface area contributed by atoms with Crippen LogP contribution in [0.1, 0.15) is 12.8 Å². The maximum absolute atomic E-state index is 12.4. The Balaban J connectivity index is 1.35. The fraction of sp³-hybridized carbons (Fsp3) is 0.471. The molecule has 2 aliphatic carbocycles. The van der Waals surface area contributed by atoms with E-state index < -0.39 is 30.3 Å². The van der Waals surface area contributed by atoms with Crippen LogP contribution in [0, 0.1) is 23.7 Å². The Morgan fingerprint density at radius 1 is 1.28 bits per heavy atom. The molecule has 2 bridgehead atoms. The molecule has 0 spiro atoms. The van der Waals surface area contributed by atoms with Crippen molar-refractivity contribution in [3.8, 4) is 0 Å². The van der Waals surface area contributed by atoms with Crippen LogP contribution in [0.25, 0.3) is 0 Å². The van der Waals surface area contributed by atoms with E-state index in [1.54, 1.807) is 18.2 Å². The number of hydrogen-bond acceptors (Lipinski definition) is 5. The minimum atomic E-state index is -0.521. The van der Waals surface area contributed by atoms with Crippen LogP contribution in [0.5, 0.6) is 0 Å². The van der Waals surface area contributed by atoms with E-state index in [9.17, 15) is 14.4 Å². The summed E-state index contributed by atoms with van der Waals surface area (Å²) in [5, 5.41) is 3.08. The van der Waals surface area contributed by atoms with Crippen LogP contribution in [0.2, 0.25) is 10.0 Å². The Morgan fingerprint density at radius 2 is 2.08 bits per heavy atom. The van der Waals surface area contributed by atoms with Gasteiger partial charge in [-0.2, -0.15) is 0 Å². The van der Waals surface area contributed by atoms with Crippen LogP contribution in [-0.2, 0) is 23.9 Å². The number of anilines is 1. The van der Waals surface area contributed by atoms with Crippen molar-refractivity contribution >= 4 is 46.7 Å². The van der Waals surface area contributed by atoms with Crippen LogP contribution in [-0.4, -0.2) is 30.6 Å². The normalized spacial score (nSPS) is 31.8. The van der Waals surface area contributed by atoms with E-state index in [-0.39, 0.29) is 28.9 Å². The van der Waals surface area contributed by atoms with Gasteiger partial charge in [-0.25, -0.2) is 0 Å². The molecule has 1 saturated heterocycles. The van der Waals surface area contributed by atoms with Gasteiger partial charge in [-0.05, 0) is 30.9 Å². The van der Waals surface area contributed by atoms with Crippen LogP contribution in [0.15, 0.2) is 18.2 Å². The number of fused-ring (bicyclic) bond motifs is 1. The molecule has 0 radical (unpaired) electrons. The first kappa shape index (κ1) is 16.7. The van der Waals surface area contributed by atoms with Crippen LogP contribution < -0.4 is 5.32 Å². The van der Waals surface area contributed by atoms with Gasteiger partial charge in [-0.15, -0.1) is 0 Å². The summed E-state index contributed by atoms with van der Waals surface area (Å²) in [6, 6.07) is 4.84. The predicted molar refractivity (Wildman–Crippen MR) is 89.1 cm³/mol. The molecule has 5 atom stereocenters. The van der Waals surface area contributed by atoms with E-state index in [1.807, 2.05) is 0 Å². The molecule has 4 rings (SSSR count). The summed E-state index contributed by atoms with van der Waals surface area (Å²) in [4.78, 5) is 36.3. The summed E-state index contributed by atoms with van der Waals surface area (Å²) in [6.45, 7) is -0.444.